The van der Waals surface area contributed by atoms with Crippen molar-refractivity contribution in [2.45, 2.75) is 4.90 Å². The molecule has 8 nitrogen and oxygen atoms in total. The Morgan fingerprint density at radius 2 is 1.96 bits per heavy atom. The van der Waals surface area contributed by atoms with Gasteiger partial charge in [0.1, 0.15) is 11.4 Å². The summed E-state index contributed by atoms with van der Waals surface area (Å²) in [7, 11) is -3.27. The number of carbonyl (C=O) groups excluding carboxylic acids is 1. The molecule has 10 heteroatoms. The van der Waals surface area contributed by atoms with Gasteiger partial charge in [0, 0.05) is 23.2 Å². The van der Waals surface area contributed by atoms with Crippen LogP contribution in [0, 0.1) is 0 Å². The molecular formula is C18H16ClN5O3S. The molecule has 0 saturated carbocycles. The summed E-state index contributed by atoms with van der Waals surface area (Å²) in [6, 6.07) is 13.1. The number of nitrogens with zero attached hydrogens (tertiary/aromatic N) is 2. The standard InChI is InChI=1S/C18H16ClN5O3S/c1-28(26,27)14-7-5-11(6-8-14)10-21-17-15(16(20)25)18(24-23-17)22-13-4-2-3-12(19)9-13/h2-10H,1H3,(H2,20,25)(H2,22,23,24). The predicted molar refractivity (Wildman–Crippen MR) is 109 cm³/mol. The van der Waals surface area contributed by atoms with Gasteiger partial charge in [-0.15, -0.1) is 0 Å². The smallest absolute Gasteiger partial charge is 0.256 e. The van der Waals surface area contributed by atoms with Gasteiger partial charge in [0.15, 0.2) is 15.7 Å². The maximum atomic E-state index is 11.9. The molecule has 0 spiro atoms. The summed E-state index contributed by atoms with van der Waals surface area (Å²) in [5.41, 5.74) is 6.84. The summed E-state index contributed by atoms with van der Waals surface area (Å²) < 4.78 is 23.0. The third kappa shape index (κ3) is 4.56. The second-order valence-electron chi connectivity index (χ2n) is 5.90. The number of hydrogen-bond acceptors (Lipinski definition) is 6. The molecule has 1 aromatic heterocycles. The van der Waals surface area contributed by atoms with Crippen molar-refractivity contribution in [3.8, 4) is 0 Å². The van der Waals surface area contributed by atoms with E-state index in [0.717, 1.165) is 6.26 Å². The molecule has 2 aromatic carbocycles. The number of H-pyrrole nitrogens is 1. The average molecular weight is 418 g/mol. The molecule has 3 rings (SSSR count). The average Bonchev–Trinajstić information content (AvgIpc) is 3.02. The van der Waals surface area contributed by atoms with Crippen LogP contribution in [-0.4, -0.2) is 37.0 Å². The Labute approximate surface area is 166 Å². The lowest BCUT2D eigenvalue weighted by atomic mass is 10.2. The van der Waals surface area contributed by atoms with Gasteiger partial charge >= 0.3 is 0 Å². The highest BCUT2D eigenvalue weighted by atomic mass is 35.5. The highest BCUT2D eigenvalue weighted by molar-refractivity contribution is 7.90. The molecule has 0 fully saturated rings. The van der Waals surface area contributed by atoms with Crippen molar-refractivity contribution in [3.63, 3.8) is 0 Å². The van der Waals surface area contributed by atoms with Crippen molar-refractivity contribution in [1.29, 1.82) is 0 Å². The lowest BCUT2D eigenvalue weighted by molar-refractivity contribution is 0.100. The number of benzene rings is 2. The van der Waals surface area contributed by atoms with Crippen LogP contribution in [0.15, 0.2) is 58.4 Å². The summed E-state index contributed by atoms with van der Waals surface area (Å²) in [6.45, 7) is 0. The quantitative estimate of drug-likeness (QED) is 0.530. The van der Waals surface area contributed by atoms with Crippen LogP contribution in [0.4, 0.5) is 17.3 Å². The van der Waals surface area contributed by atoms with E-state index < -0.39 is 15.7 Å². The van der Waals surface area contributed by atoms with Crippen LogP contribution in [0.3, 0.4) is 0 Å². The minimum absolute atomic E-state index is 0.0870. The van der Waals surface area contributed by atoms with E-state index in [2.05, 4.69) is 20.5 Å². The SMILES string of the molecule is CS(=O)(=O)c1ccc(C=Nc2n[nH]c(Nc3cccc(Cl)c3)c2C(N)=O)cc1. The number of halogens is 1. The number of aliphatic imine (C=N–C) groups is 1. The lowest BCUT2D eigenvalue weighted by Gasteiger charge is -2.05. The Balaban J connectivity index is 1.87. The molecule has 1 heterocycles. The Morgan fingerprint density at radius 1 is 1.25 bits per heavy atom. The zero-order chi connectivity index (χ0) is 20.3. The molecule has 28 heavy (non-hydrogen) atoms. The van der Waals surface area contributed by atoms with E-state index in [-0.39, 0.29) is 22.1 Å². The molecule has 0 bridgehead atoms. The van der Waals surface area contributed by atoms with Crippen LogP contribution in [0.5, 0.6) is 0 Å². The second kappa shape index (κ2) is 7.83. The lowest BCUT2D eigenvalue weighted by Crippen LogP contribution is -2.12. The molecule has 0 atom stereocenters. The van der Waals surface area contributed by atoms with Gasteiger partial charge in [0.05, 0.1) is 4.90 Å². The van der Waals surface area contributed by atoms with Crippen molar-refractivity contribution in [2.75, 3.05) is 11.6 Å². The second-order valence-corrected chi connectivity index (χ2v) is 8.35. The third-order valence-electron chi connectivity index (χ3n) is 3.73. The molecule has 1 amide bonds. The topological polar surface area (TPSA) is 130 Å². The normalized spacial score (nSPS) is 11.6. The summed E-state index contributed by atoms with van der Waals surface area (Å²) in [5, 5.41) is 10.2. The van der Waals surface area contributed by atoms with Gasteiger partial charge in [-0.05, 0) is 35.9 Å². The monoisotopic (exact) mass is 417 g/mol. The van der Waals surface area contributed by atoms with Crippen molar-refractivity contribution >= 4 is 50.9 Å². The van der Waals surface area contributed by atoms with E-state index >= 15 is 0 Å². The van der Waals surface area contributed by atoms with Gasteiger partial charge in [-0.3, -0.25) is 9.89 Å². The molecule has 4 N–H and O–H groups in total. The maximum absolute atomic E-state index is 11.9. The van der Waals surface area contributed by atoms with E-state index in [1.54, 1.807) is 36.4 Å². The molecular weight excluding hydrogens is 402 g/mol. The van der Waals surface area contributed by atoms with Gasteiger partial charge in [-0.1, -0.05) is 29.8 Å². The number of hydrogen-bond donors (Lipinski definition) is 3. The molecule has 0 radical (unpaired) electrons. The Morgan fingerprint density at radius 3 is 2.57 bits per heavy atom. The molecule has 0 saturated heterocycles. The highest BCUT2D eigenvalue weighted by Crippen LogP contribution is 2.27. The minimum Gasteiger partial charge on any atom is -0.365 e. The number of anilines is 2. The Kier molecular flexibility index (Phi) is 5.48. The van der Waals surface area contributed by atoms with E-state index in [9.17, 15) is 13.2 Å². The fourth-order valence-electron chi connectivity index (χ4n) is 2.40. The van der Waals surface area contributed by atoms with Crippen molar-refractivity contribution < 1.29 is 13.2 Å². The van der Waals surface area contributed by atoms with Gasteiger partial charge < -0.3 is 11.1 Å². The van der Waals surface area contributed by atoms with Crippen LogP contribution in [0.2, 0.25) is 5.02 Å². The number of sulfone groups is 1. The number of nitrogens with one attached hydrogen (secondary N) is 2. The van der Waals surface area contributed by atoms with Gasteiger partial charge in [-0.25, -0.2) is 13.4 Å². The largest absolute Gasteiger partial charge is 0.365 e. The molecule has 0 aliphatic rings. The van der Waals surface area contributed by atoms with E-state index in [4.69, 9.17) is 17.3 Å². The Bertz CT molecular complexity index is 1150. The zero-order valence-corrected chi connectivity index (χ0v) is 16.3. The summed E-state index contributed by atoms with van der Waals surface area (Å²) in [6.07, 6.45) is 2.59. The number of aromatic nitrogens is 2. The maximum Gasteiger partial charge on any atom is 0.256 e. The van der Waals surface area contributed by atoms with Crippen molar-refractivity contribution in [1.82, 2.24) is 10.2 Å². The van der Waals surface area contributed by atoms with Crippen LogP contribution >= 0.6 is 11.6 Å². The van der Waals surface area contributed by atoms with E-state index in [1.165, 1.54) is 18.3 Å². The molecule has 0 aliphatic heterocycles. The molecule has 144 valence electrons. The van der Waals surface area contributed by atoms with Gasteiger partial charge in [-0.2, -0.15) is 5.10 Å². The van der Waals surface area contributed by atoms with Crippen LogP contribution in [0.1, 0.15) is 15.9 Å². The fraction of sp³-hybridized carbons (Fsp3) is 0.0556. The summed E-state index contributed by atoms with van der Waals surface area (Å²) >= 11 is 5.96. The van der Waals surface area contributed by atoms with Crippen molar-refractivity contribution in [2.24, 2.45) is 10.7 Å². The first-order valence-corrected chi connectivity index (χ1v) is 10.3. The van der Waals surface area contributed by atoms with Crippen LogP contribution in [-0.2, 0) is 9.84 Å². The number of carbonyl (C=O) groups is 1. The molecule has 0 aliphatic carbocycles. The van der Waals surface area contributed by atoms with Crippen LogP contribution in [0.25, 0.3) is 0 Å². The number of rotatable bonds is 6. The minimum atomic E-state index is -3.27. The number of primary amides is 1. The molecule has 0 unspecified atom stereocenters. The van der Waals surface area contributed by atoms with Crippen molar-refractivity contribution in [3.05, 3.63) is 64.7 Å². The van der Waals surface area contributed by atoms with Gasteiger partial charge in [0.25, 0.3) is 5.91 Å². The number of amides is 1. The first-order chi connectivity index (χ1) is 13.2. The number of nitrogens with two attached hydrogens (primary N) is 1. The third-order valence-corrected chi connectivity index (χ3v) is 5.10. The van der Waals surface area contributed by atoms with E-state index in [1.807, 2.05) is 0 Å². The summed E-state index contributed by atoms with van der Waals surface area (Å²) in [4.78, 5) is 16.3. The first kappa shape index (κ1) is 19.6. The zero-order valence-electron chi connectivity index (χ0n) is 14.7. The fourth-order valence-corrected chi connectivity index (χ4v) is 3.22. The highest BCUT2D eigenvalue weighted by Gasteiger charge is 2.18. The predicted octanol–water partition coefficient (Wildman–Crippen LogP) is 3.06. The Hall–Kier alpha value is -3.17. The van der Waals surface area contributed by atoms with E-state index in [0.29, 0.717) is 16.3 Å². The van der Waals surface area contributed by atoms with Crippen LogP contribution < -0.4 is 11.1 Å². The molecule has 3 aromatic rings. The first-order valence-electron chi connectivity index (χ1n) is 7.99. The van der Waals surface area contributed by atoms with Gasteiger partial charge in [0.2, 0.25) is 0 Å². The summed E-state index contributed by atoms with van der Waals surface area (Å²) in [5.74, 6) is -0.323. The number of aromatic amines is 1.